The van der Waals surface area contributed by atoms with Gasteiger partial charge in [0, 0.05) is 37.2 Å². The Hall–Kier alpha value is -2.45. The minimum Gasteiger partial charge on any atom is -0.444 e. The van der Waals surface area contributed by atoms with Gasteiger partial charge in [0.25, 0.3) is 0 Å². The first-order valence-corrected chi connectivity index (χ1v) is 8.05. The molecule has 0 bridgehead atoms. The number of ether oxygens (including phenoxy) is 2. The Morgan fingerprint density at radius 1 is 1.31 bits per heavy atom. The molecular formula is C17H21F3N2O4. The number of nitrogens with zero attached hydrogens (tertiary/aromatic N) is 1. The predicted molar refractivity (Wildman–Crippen MR) is 87.6 cm³/mol. The van der Waals surface area contributed by atoms with Crippen LogP contribution in [0.15, 0.2) is 18.2 Å². The zero-order valence-corrected chi connectivity index (χ0v) is 14.7. The molecular weight excluding hydrogens is 353 g/mol. The van der Waals surface area contributed by atoms with Crippen LogP contribution in [0.25, 0.3) is 0 Å². The molecule has 144 valence electrons. The number of hydrogen-bond donors (Lipinski definition) is 1. The van der Waals surface area contributed by atoms with Crippen molar-refractivity contribution in [2.75, 3.05) is 18.4 Å². The van der Waals surface area contributed by atoms with Gasteiger partial charge in [-0.3, -0.25) is 4.79 Å². The molecule has 0 unspecified atom stereocenters. The van der Waals surface area contributed by atoms with Crippen LogP contribution in [-0.4, -0.2) is 42.2 Å². The number of likely N-dealkylation sites (tertiary alicyclic amines) is 1. The first kappa shape index (κ1) is 19.9. The first-order valence-electron chi connectivity index (χ1n) is 8.05. The quantitative estimate of drug-likeness (QED) is 0.855. The number of rotatable bonds is 5. The maximum atomic E-state index is 13.4. The van der Waals surface area contributed by atoms with Gasteiger partial charge in [0.15, 0.2) is 11.6 Å². The molecule has 0 saturated carbocycles. The van der Waals surface area contributed by atoms with Crippen LogP contribution in [0, 0.1) is 11.7 Å². The highest BCUT2D eigenvalue weighted by Crippen LogP contribution is 2.25. The summed E-state index contributed by atoms with van der Waals surface area (Å²) in [5.74, 6) is -1.99. The molecule has 1 aromatic rings. The predicted octanol–water partition coefficient (Wildman–Crippen LogP) is 3.62. The molecule has 1 fully saturated rings. The van der Waals surface area contributed by atoms with Gasteiger partial charge < -0.3 is 19.7 Å². The fraction of sp³-hybridized carbons (Fsp3) is 0.529. The SMILES string of the molecule is CC(C)(C)OC(=O)N1CC(CC(=O)Nc2ccc(F)c(OC(F)F)c2)C1. The molecule has 0 aliphatic carbocycles. The second-order valence-electron chi connectivity index (χ2n) is 7.03. The van der Waals surface area contributed by atoms with Crippen molar-refractivity contribution in [1.82, 2.24) is 4.90 Å². The Morgan fingerprint density at radius 3 is 2.54 bits per heavy atom. The summed E-state index contributed by atoms with van der Waals surface area (Å²) in [6.07, 6.45) is -0.289. The van der Waals surface area contributed by atoms with Crippen molar-refractivity contribution in [3.05, 3.63) is 24.0 Å². The summed E-state index contributed by atoms with van der Waals surface area (Å²) < 4.78 is 47.0. The number of hydrogen-bond acceptors (Lipinski definition) is 4. The fourth-order valence-corrected chi connectivity index (χ4v) is 2.42. The minimum atomic E-state index is -3.16. The summed E-state index contributed by atoms with van der Waals surface area (Å²) in [5.41, 5.74) is -0.435. The maximum Gasteiger partial charge on any atom is 0.410 e. The van der Waals surface area contributed by atoms with E-state index in [2.05, 4.69) is 10.1 Å². The number of nitrogens with one attached hydrogen (secondary N) is 1. The van der Waals surface area contributed by atoms with Crippen LogP contribution in [0.2, 0.25) is 0 Å². The van der Waals surface area contributed by atoms with Crippen molar-refractivity contribution >= 4 is 17.7 Å². The topological polar surface area (TPSA) is 67.9 Å². The summed E-state index contributed by atoms with van der Waals surface area (Å²) in [6.45, 7) is 2.93. The lowest BCUT2D eigenvalue weighted by molar-refractivity contribution is -0.118. The van der Waals surface area contributed by atoms with Gasteiger partial charge in [-0.1, -0.05) is 0 Å². The molecule has 26 heavy (non-hydrogen) atoms. The van der Waals surface area contributed by atoms with Crippen molar-refractivity contribution < 1.29 is 32.2 Å². The molecule has 1 N–H and O–H groups in total. The number of carbonyl (C=O) groups is 2. The molecule has 2 amide bonds. The number of amides is 2. The summed E-state index contributed by atoms with van der Waals surface area (Å²) in [4.78, 5) is 25.3. The Balaban J connectivity index is 1.81. The van der Waals surface area contributed by atoms with Crippen LogP contribution in [0.4, 0.5) is 23.7 Å². The molecule has 0 spiro atoms. The standard InChI is InChI=1S/C17H21F3N2O4/c1-17(2,3)26-16(24)22-8-10(9-22)6-14(23)21-11-4-5-12(18)13(7-11)25-15(19)20/h4-5,7,10,15H,6,8-9H2,1-3H3,(H,21,23). The van der Waals surface area contributed by atoms with Crippen molar-refractivity contribution in [2.45, 2.75) is 39.4 Å². The first-order chi connectivity index (χ1) is 12.0. The molecule has 1 aliphatic heterocycles. The second kappa shape index (κ2) is 7.84. The summed E-state index contributed by atoms with van der Waals surface area (Å²) in [7, 11) is 0. The minimum absolute atomic E-state index is 0.0280. The number of anilines is 1. The van der Waals surface area contributed by atoms with Gasteiger partial charge >= 0.3 is 12.7 Å². The highest BCUT2D eigenvalue weighted by atomic mass is 19.3. The second-order valence-corrected chi connectivity index (χ2v) is 7.03. The lowest BCUT2D eigenvalue weighted by atomic mass is 9.96. The molecule has 6 nitrogen and oxygen atoms in total. The Kier molecular flexibility index (Phi) is 5.99. The molecule has 9 heteroatoms. The van der Waals surface area contributed by atoms with Crippen LogP contribution < -0.4 is 10.1 Å². The number of halogens is 3. The lowest BCUT2D eigenvalue weighted by Crippen LogP contribution is -2.52. The van der Waals surface area contributed by atoms with Crippen LogP contribution >= 0.6 is 0 Å². The van der Waals surface area contributed by atoms with Gasteiger partial charge in [0.2, 0.25) is 5.91 Å². The highest BCUT2D eigenvalue weighted by molar-refractivity contribution is 5.91. The molecule has 1 aliphatic rings. The van der Waals surface area contributed by atoms with Gasteiger partial charge in [-0.2, -0.15) is 8.78 Å². The molecule has 0 aromatic heterocycles. The van der Waals surface area contributed by atoms with Crippen molar-refractivity contribution in [3.8, 4) is 5.75 Å². The third-order valence-corrected chi connectivity index (χ3v) is 3.51. The zero-order chi connectivity index (χ0) is 19.5. The largest absolute Gasteiger partial charge is 0.444 e. The van der Waals surface area contributed by atoms with Crippen LogP contribution in [0.1, 0.15) is 27.2 Å². The van der Waals surface area contributed by atoms with E-state index in [1.807, 2.05) is 0 Å². The van der Waals surface area contributed by atoms with Gasteiger partial charge in [-0.15, -0.1) is 0 Å². The van der Waals surface area contributed by atoms with Crippen LogP contribution in [-0.2, 0) is 9.53 Å². The third-order valence-electron chi connectivity index (χ3n) is 3.51. The van der Waals surface area contributed by atoms with Gasteiger partial charge in [-0.25, -0.2) is 9.18 Å². The summed E-state index contributed by atoms with van der Waals surface area (Å²) in [6, 6.07) is 3.17. The third kappa shape index (κ3) is 5.82. The zero-order valence-electron chi connectivity index (χ0n) is 14.7. The number of alkyl halides is 2. The van der Waals surface area contributed by atoms with E-state index in [1.165, 1.54) is 11.0 Å². The van der Waals surface area contributed by atoms with E-state index in [0.29, 0.717) is 13.1 Å². The van der Waals surface area contributed by atoms with Crippen molar-refractivity contribution in [1.29, 1.82) is 0 Å². The molecule has 1 aromatic carbocycles. The van der Waals surface area contributed by atoms with E-state index in [9.17, 15) is 22.8 Å². The fourth-order valence-electron chi connectivity index (χ4n) is 2.42. The lowest BCUT2D eigenvalue weighted by Gasteiger charge is -2.39. The van der Waals surface area contributed by atoms with E-state index < -0.39 is 29.9 Å². The number of benzene rings is 1. The average Bonchev–Trinajstić information content (AvgIpc) is 2.43. The summed E-state index contributed by atoms with van der Waals surface area (Å²) in [5, 5.41) is 2.50. The molecule has 1 heterocycles. The Bertz CT molecular complexity index is 670. The molecule has 0 atom stereocenters. The molecule has 2 rings (SSSR count). The van der Waals surface area contributed by atoms with Crippen LogP contribution in [0.5, 0.6) is 5.75 Å². The van der Waals surface area contributed by atoms with E-state index in [0.717, 1.165) is 12.1 Å². The van der Waals surface area contributed by atoms with E-state index in [1.54, 1.807) is 20.8 Å². The van der Waals surface area contributed by atoms with Crippen LogP contribution in [0.3, 0.4) is 0 Å². The Morgan fingerprint density at radius 2 is 1.96 bits per heavy atom. The highest BCUT2D eigenvalue weighted by Gasteiger charge is 2.34. The van der Waals surface area contributed by atoms with Gasteiger partial charge in [0.1, 0.15) is 5.60 Å². The monoisotopic (exact) mass is 374 g/mol. The van der Waals surface area contributed by atoms with E-state index >= 15 is 0 Å². The molecule has 0 radical (unpaired) electrons. The average molecular weight is 374 g/mol. The van der Waals surface area contributed by atoms with Crippen molar-refractivity contribution in [2.24, 2.45) is 5.92 Å². The van der Waals surface area contributed by atoms with Crippen molar-refractivity contribution in [3.63, 3.8) is 0 Å². The smallest absolute Gasteiger partial charge is 0.410 e. The number of carbonyl (C=O) groups excluding carboxylic acids is 2. The van der Waals surface area contributed by atoms with Gasteiger partial charge in [0.05, 0.1) is 0 Å². The van der Waals surface area contributed by atoms with E-state index in [-0.39, 0.29) is 23.9 Å². The molecule has 1 saturated heterocycles. The Labute approximate surface area is 149 Å². The summed E-state index contributed by atoms with van der Waals surface area (Å²) >= 11 is 0. The van der Waals surface area contributed by atoms with Gasteiger partial charge in [-0.05, 0) is 32.9 Å². The normalized spacial score (nSPS) is 14.8. The maximum absolute atomic E-state index is 13.4. The van der Waals surface area contributed by atoms with E-state index in [4.69, 9.17) is 4.74 Å².